The smallest absolute Gasteiger partial charge is 0.268 e. The predicted molar refractivity (Wildman–Crippen MR) is 116 cm³/mol. The van der Waals surface area contributed by atoms with Gasteiger partial charge in [0.25, 0.3) is 11.4 Å². The van der Waals surface area contributed by atoms with Crippen molar-refractivity contribution in [1.82, 2.24) is 25.0 Å². The third-order valence-corrected chi connectivity index (χ3v) is 5.84. The summed E-state index contributed by atoms with van der Waals surface area (Å²) in [6.45, 7) is 5.44. The second-order valence-corrected chi connectivity index (χ2v) is 8.50. The van der Waals surface area contributed by atoms with Crippen molar-refractivity contribution in [2.75, 3.05) is 0 Å². The summed E-state index contributed by atoms with van der Waals surface area (Å²) in [6, 6.07) is 7.10. The molecular weight excluding hydrogens is 426 g/mol. The highest BCUT2D eigenvalue weighted by atomic mass is 35.5. The van der Waals surface area contributed by atoms with Crippen molar-refractivity contribution < 1.29 is 9.32 Å². The second-order valence-electron chi connectivity index (χ2n) is 7.07. The van der Waals surface area contributed by atoms with Crippen LogP contribution in [0.25, 0.3) is 32.4 Å². The molecule has 10 heteroatoms. The van der Waals surface area contributed by atoms with Gasteiger partial charge in [0.1, 0.15) is 11.4 Å². The van der Waals surface area contributed by atoms with Gasteiger partial charge in [-0.15, -0.1) is 11.3 Å². The van der Waals surface area contributed by atoms with Crippen molar-refractivity contribution in [3.63, 3.8) is 0 Å². The van der Waals surface area contributed by atoms with E-state index in [1.807, 2.05) is 20.8 Å². The zero-order valence-corrected chi connectivity index (χ0v) is 18.0. The lowest BCUT2D eigenvalue weighted by Gasteiger charge is -2.09. The fourth-order valence-corrected chi connectivity index (χ4v) is 4.22. The summed E-state index contributed by atoms with van der Waals surface area (Å²) >= 11 is 7.22. The number of rotatable bonds is 5. The van der Waals surface area contributed by atoms with Crippen molar-refractivity contribution >= 4 is 39.1 Å². The van der Waals surface area contributed by atoms with Gasteiger partial charge in [-0.05, 0) is 50.6 Å². The van der Waals surface area contributed by atoms with E-state index in [0.29, 0.717) is 37.4 Å². The first kappa shape index (κ1) is 20.2. The minimum absolute atomic E-state index is 0.00765. The van der Waals surface area contributed by atoms with E-state index in [-0.39, 0.29) is 24.1 Å². The Balaban J connectivity index is 1.70. The molecule has 0 atom stereocenters. The molecule has 0 saturated carbocycles. The molecule has 0 unspecified atom stereocenters. The standard InChI is InChI=1S/C20H18ClN5O3S/c1-10(2)23-14(27)8-26-9-22-19-15(20(26)28)11(3)16(30-19)18-24-17(25-29-18)12-4-6-13(21)7-5-12/h4-7,9-10H,8H2,1-3H3,(H,23,27). The lowest BCUT2D eigenvalue weighted by atomic mass is 10.2. The van der Waals surface area contributed by atoms with Gasteiger partial charge in [0.05, 0.1) is 16.6 Å². The largest absolute Gasteiger partial charge is 0.352 e. The SMILES string of the molecule is Cc1c(-c2nc(-c3ccc(Cl)cc3)no2)sc2ncn(CC(=O)NC(C)C)c(=O)c12. The fourth-order valence-electron chi connectivity index (χ4n) is 3.03. The monoisotopic (exact) mass is 443 g/mol. The Hall–Kier alpha value is -3.04. The molecule has 1 amide bonds. The number of hydrogen-bond acceptors (Lipinski definition) is 7. The van der Waals surface area contributed by atoms with E-state index in [9.17, 15) is 9.59 Å². The van der Waals surface area contributed by atoms with E-state index in [2.05, 4.69) is 20.4 Å². The summed E-state index contributed by atoms with van der Waals surface area (Å²) in [5.41, 5.74) is 1.18. The van der Waals surface area contributed by atoms with Crippen LogP contribution in [0.4, 0.5) is 0 Å². The number of carbonyl (C=O) groups is 1. The van der Waals surface area contributed by atoms with Gasteiger partial charge in [-0.25, -0.2) is 4.98 Å². The minimum atomic E-state index is -0.281. The number of fused-ring (bicyclic) bond motifs is 1. The van der Waals surface area contributed by atoms with Crippen LogP contribution >= 0.6 is 22.9 Å². The maximum absolute atomic E-state index is 12.9. The summed E-state index contributed by atoms with van der Waals surface area (Å²) in [7, 11) is 0. The normalized spacial score (nSPS) is 11.4. The maximum Gasteiger partial charge on any atom is 0.268 e. The van der Waals surface area contributed by atoms with Crippen LogP contribution in [-0.2, 0) is 11.3 Å². The van der Waals surface area contributed by atoms with E-state index in [1.54, 1.807) is 24.3 Å². The Morgan fingerprint density at radius 3 is 2.73 bits per heavy atom. The molecule has 3 aromatic heterocycles. The van der Waals surface area contributed by atoms with Crippen molar-refractivity contribution in [2.24, 2.45) is 0 Å². The van der Waals surface area contributed by atoms with Gasteiger partial charge in [-0.3, -0.25) is 14.2 Å². The third-order valence-electron chi connectivity index (χ3n) is 4.40. The molecule has 30 heavy (non-hydrogen) atoms. The van der Waals surface area contributed by atoms with Gasteiger partial charge >= 0.3 is 0 Å². The Labute approximate surface area is 180 Å². The third kappa shape index (κ3) is 3.86. The summed E-state index contributed by atoms with van der Waals surface area (Å²) in [6.07, 6.45) is 1.39. The zero-order valence-electron chi connectivity index (χ0n) is 16.5. The van der Waals surface area contributed by atoms with Crippen LogP contribution in [0.3, 0.4) is 0 Å². The molecule has 1 aromatic carbocycles. The van der Waals surface area contributed by atoms with Crippen molar-refractivity contribution in [3.8, 4) is 22.2 Å². The first-order chi connectivity index (χ1) is 14.3. The molecule has 0 aliphatic heterocycles. The van der Waals surface area contributed by atoms with Crippen molar-refractivity contribution in [3.05, 3.63) is 51.5 Å². The van der Waals surface area contributed by atoms with Crippen LogP contribution in [0, 0.1) is 6.92 Å². The number of aryl methyl sites for hydroxylation is 1. The molecule has 0 fully saturated rings. The fraction of sp³-hybridized carbons (Fsp3) is 0.250. The van der Waals surface area contributed by atoms with Crippen molar-refractivity contribution in [2.45, 2.75) is 33.4 Å². The Morgan fingerprint density at radius 1 is 1.30 bits per heavy atom. The summed E-state index contributed by atoms with van der Waals surface area (Å²) in [5.74, 6) is 0.490. The number of hydrogen-bond donors (Lipinski definition) is 1. The minimum Gasteiger partial charge on any atom is -0.352 e. The highest BCUT2D eigenvalue weighted by molar-refractivity contribution is 7.22. The maximum atomic E-state index is 12.9. The van der Waals surface area contributed by atoms with Gasteiger partial charge in [0.15, 0.2) is 0 Å². The molecule has 8 nitrogen and oxygen atoms in total. The summed E-state index contributed by atoms with van der Waals surface area (Å²) in [5, 5.41) is 7.86. The number of benzene rings is 1. The molecule has 4 aromatic rings. The molecule has 3 heterocycles. The molecule has 0 radical (unpaired) electrons. The Kier molecular flexibility index (Phi) is 5.40. The van der Waals surface area contributed by atoms with Gasteiger partial charge in [0.2, 0.25) is 11.7 Å². The molecule has 0 saturated heterocycles. The van der Waals surface area contributed by atoms with E-state index in [4.69, 9.17) is 16.1 Å². The van der Waals surface area contributed by atoms with Crippen LogP contribution in [0.5, 0.6) is 0 Å². The number of aromatic nitrogens is 4. The molecule has 1 N–H and O–H groups in total. The first-order valence-electron chi connectivity index (χ1n) is 9.21. The number of halogens is 1. The topological polar surface area (TPSA) is 103 Å². The average molecular weight is 444 g/mol. The van der Waals surface area contributed by atoms with Gasteiger partial charge in [0, 0.05) is 16.6 Å². The highest BCUT2D eigenvalue weighted by Crippen LogP contribution is 2.35. The molecule has 0 aliphatic carbocycles. The van der Waals surface area contributed by atoms with Crippen LogP contribution in [0.2, 0.25) is 5.02 Å². The summed E-state index contributed by atoms with van der Waals surface area (Å²) < 4.78 is 6.74. The predicted octanol–water partition coefficient (Wildman–Crippen LogP) is 3.66. The highest BCUT2D eigenvalue weighted by Gasteiger charge is 2.21. The number of nitrogens with zero attached hydrogens (tertiary/aromatic N) is 4. The van der Waals surface area contributed by atoms with E-state index in [1.165, 1.54) is 22.2 Å². The molecule has 0 aliphatic rings. The molecule has 154 valence electrons. The van der Waals surface area contributed by atoms with E-state index < -0.39 is 0 Å². The second kappa shape index (κ2) is 8.00. The van der Waals surface area contributed by atoms with Crippen molar-refractivity contribution in [1.29, 1.82) is 0 Å². The van der Waals surface area contributed by atoms with Crippen LogP contribution in [-0.4, -0.2) is 31.6 Å². The molecule has 0 spiro atoms. The molecule has 0 bridgehead atoms. The van der Waals surface area contributed by atoms with E-state index >= 15 is 0 Å². The van der Waals surface area contributed by atoms with Gasteiger partial charge in [-0.2, -0.15) is 4.98 Å². The number of carbonyl (C=O) groups excluding carboxylic acids is 1. The quantitative estimate of drug-likeness (QED) is 0.505. The number of amides is 1. The Bertz CT molecular complexity index is 1290. The van der Waals surface area contributed by atoms with Crippen LogP contribution in [0.15, 0.2) is 39.9 Å². The Morgan fingerprint density at radius 2 is 2.03 bits per heavy atom. The lowest BCUT2D eigenvalue weighted by molar-refractivity contribution is -0.122. The molecule has 4 rings (SSSR count). The lowest BCUT2D eigenvalue weighted by Crippen LogP contribution is -2.36. The van der Waals surface area contributed by atoms with E-state index in [0.717, 1.165) is 5.56 Å². The average Bonchev–Trinajstić information content (AvgIpc) is 3.29. The number of nitrogens with one attached hydrogen (secondary N) is 1. The molecular formula is C20H18ClN5O3S. The zero-order chi connectivity index (χ0) is 21.4. The van der Waals surface area contributed by atoms with Crippen LogP contribution < -0.4 is 10.9 Å². The summed E-state index contributed by atoms with van der Waals surface area (Å²) in [4.78, 5) is 35.0. The van der Waals surface area contributed by atoms with Crippen LogP contribution in [0.1, 0.15) is 19.4 Å². The van der Waals surface area contributed by atoms with Gasteiger partial charge in [-0.1, -0.05) is 16.8 Å². The van der Waals surface area contributed by atoms with Gasteiger partial charge < -0.3 is 9.84 Å². The first-order valence-corrected chi connectivity index (χ1v) is 10.4. The number of thiophene rings is 1.